The maximum absolute atomic E-state index is 2.80. The van der Waals surface area contributed by atoms with E-state index < -0.39 is 0 Å². The average Bonchev–Trinajstić information content (AvgIpc) is 3.58. The molecule has 0 saturated heterocycles. The van der Waals surface area contributed by atoms with Gasteiger partial charge in [0.15, 0.2) is 0 Å². The number of aromatic nitrogens is 1. The molecule has 8 aromatic rings. The lowest BCUT2D eigenvalue weighted by Crippen LogP contribution is -2.50. The normalized spacial score (nSPS) is 15.1. The van der Waals surface area contributed by atoms with E-state index in [1.165, 1.54) is 111 Å². The highest BCUT2D eigenvalue weighted by atomic mass is 15.2. The fourth-order valence-electron chi connectivity index (χ4n) is 11.2. The van der Waals surface area contributed by atoms with Gasteiger partial charge in [-0.25, -0.2) is 0 Å². The number of nitrogens with zero attached hydrogens (tertiary/aromatic N) is 2. The van der Waals surface area contributed by atoms with Gasteiger partial charge in [0.2, 0.25) is 0 Å². The molecule has 2 nitrogen and oxygen atoms in total. The Morgan fingerprint density at radius 1 is 0.469 bits per heavy atom. The Bertz CT molecular complexity index is 3210. The summed E-state index contributed by atoms with van der Waals surface area (Å²) in [4.78, 5) is 2.67. The van der Waals surface area contributed by atoms with E-state index in [9.17, 15) is 0 Å². The van der Waals surface area contributed by atoms with E-state index >= 15 is 0 Å². The average molecular weight is 831 g/mol. The molecular weight excluding hydrogens is 771 g/mol. The standard InChI is InChI=1S/C61H59BN2/c1-58(2,3)40-30-32-43(33-31-40)63-51-37-42(60(7,8)9)34-46-47-35-41(59(4,5)6)36-48-52(38-22-14-12-15-23-38)55(39-24-16-13-17-25-39)64(56(47)48)62(53(46)51)54-44-26-18-20-28-49(44)61(10,11)50-29-21-19-27-45(50)57(54)63/h12-37H,1-11H3. The number of benzene rings is 7. The number of fused-ring (bicyclic) bond motifs is 7. The van der Waals surface area contributed by atoms with Crippen molar-refractivity contribution in [2.75, 3.05) is 4.90 Å². The van der Waals surface area contributed by atoms with Crippen molar-refractivity contribution in [3.8, 4) is 33.5 Å². The molecular formula is C61H59BN2. The van der Waals surface area contributed by atoms with E-state index in [-0.39, 0.29) is 28.5 Å². The van der Waals surface area contributed by atoms with Crippen LogP contribution in [-0.2, 0) is 21.7 Å². The summed E-state index contributed by atoms with van der Waals surface area (Å²) in [6, 6.07) is 60.7. The van der Waals surface area contributed by atoms with Crippen molar-refractivity contribution >= 4 is 45.8 Å². The van der Waals surface area contributed by atoms with Crippen LogP contribution in [0.2, 0.25) is 0 Å². The molecule has 3 aliphatic rings. The number of hydrogen-bond donors (Lipinski definition) is 0. The molecule has 0 spiro atoms. The van der Waals surface area contributed by atoms with Gasteiger partial charge >= 0.3 is 6.85 Å². The summed E-state index contributed by atoms with van der Waals surface area (Å²) in [6.45, 7) is 25.9. The summed E-state index contributed by atoms with van der Waals surface area (Å²) in [6.07, 6.45) is 0. The van der Waals surface area contributed by atoms with Crippen LogP contribution in [0.15, 0.2) is 158 Å². The highest BCUT2D eigenvalue weighted by Gasteiger charge is 2.49. The minimum absolute atomic E-state index is 0.0255. The van der Waals surface area contributed by atoms with Crippen LogP contribution in [0.25, 0.3) is 55.6 Å². The molecule has 64 heavy (non-hydrogen) atoms. The lowest BCUT2D eigenvalue weighted by atomic mass is 9.42. The van der Waals surface area contributed by atoms with Crippen molar-refractivity contribution in [2.24, 2.45) is 0 Å². The molecule has 0 amide bonds. The van der Waals surface area contributed by atoms with E-state index in [1.54, 1.807) is 0 Å². The molecule has 0 unspecified atom stereocenters. The quantitative estimate of drug-likeness (QED) is 0.161. The third-order valence-electron chi connectivity index (χ3n) is 14.7. The highest BCUT2D eigenvalue weighted by Crippen LogP contribution is 2.57. The lowest BCUT2D eigenvalue weighted by Gasteiger charge is -2.43. The van der Waals surface area contributed by atoms with E-state index in [4.69, 9.17) is 0 Å². The van der Waals surface area contributed by atoms with Crippen molar-refractivity contribution in [1.29, 1.82) is 0 Å². The van der Waals surface area contributed by atoms with Crippen molar-refractivity contribution in [3.63, 3.8) is 0 Å². The molecule has 2 aliphatic heterocycles. The van der Waals surface area contributed by atoms with Gasteiger partial charge in [-0.15, -0.1) is 0 Å². The van der Waals surface area contributed by atoms with E-state index in [2.05, 4.69) is 243 Å². The summed E-state index contributed by atoms with van der Waals surface area (Å²) in [7, 11) is 0. The van der Waals surface area contributed by atoms with Gasteiger partial charge in [0.1, 0.15) is 0 Å². The van der Waals surface area contributed by atoms with Crippen LogP contribution in [0.1, 0.15) is 115 Å². The first-order valence-corrected chi connectivity index (χ1v) is 23.3. The van der Waals surface area contributed by atoms with Crippen LogP contribution < -0.4 is 10.4 Å². The molecule has 0 saturated carbocycles. The van der Waals surface area contributed by atoms with Crippen LogP contribution in [-0.4, -0.2) is 11.3 Å². The van der Waals surface area contributed by atoms with Gasteiger partial charge in [-0.1, -0.05) is 204 Å². The van der Waals surface area contributed by atoms with Gasteiger partial charge in [0, 0.05) is 50.1 Å². The SMILES string of the molecule is CC(C)(C)c1ccc(N2C3=C(B4c5c(cc(C(C)(C)C)cc52)-c2cc(C(C)(C)C)cc5c(-c6ccccc6)c(-c6ccccc6)n4c25)c2ccccc2C(C)(C)c2ccccc23)cc1. The summed E-state index contributed by atoms with van der Waals surface area (Å²) >= 11 is 0. The van der Waals surface area contributed by atoms with Crippen LogP contribution in [0.5, 0.6) is 0 Å². The Morgan fingerprint density at radius 3 is 1.59 bits per heavy atom. The van der Waals surface area contributed by atoms with Crippen LogP contribution in [0.3, 0.4) is 0 Å². The topological polar surface area (TPSA) is 8.17 Å². The maximum Gasteiger partial charge on any atom is 0.333 e. The van der Waals surface area contributed by atoms with E-state index in [1.807, 2.05) is 0 Å². The summed E-state index contributed by atoms with van der Waals surface area (Å²) in [5.74, 6) is 0. The Labute approximate surface area is 381 Å². The summed E-state index contributed by atoms with van der Waals surface area (Å²) < 4.78 is 2.80. The van der Waals surface area contributed by atoms with Gasteiger partial charge in [0.05, 0.1) is 5.70 Å². The van der Waals surface area contributed by atoms with Gasteiger partial charge in [-0.05, 0) is 108 Å². The molecule has 0 N–H and O–H groups in total. The van der Waals surface area contributed by atoms with Crippen molar-refractivity contribution in [1.82, 2.24) is 4.48 Å². The predicted octanol–water partition coefficient (Wildman–Crippen LogP) is 15.5. The highest BCUT2D eigenvalue weighted by molar-refractivity contribution is 6.94. The second-order valence-electron chi connectivity index (χ2n) is 22.2. The second-order valence-corrected chi connectivity index (χ2v) is 22.2. The fraction of sp³-hybridized carbons (Fsp3) is 0.246. The third kappa shape index (κ3) is 5.92. The molecule has 0 fully saturated rings. The van der Waals surface area contributed by atoms with Gasteiger partial charge in [-0.3, -0.25) is 0 Å². The summed E-state index contributed by atoms with van der Waals surface area (Å²) in [5.41, 5.74) is 24.3. The maximum atomic E-state index is 2.80. The molecule has 3 heterocycles. The number of anilines is 2. The minimum Gasteiger partial charge on any atom is -0.375 e. The predicted molar refractivity (Wildman–Crippen MR) is 276 cm³/mol. The molecule has 0 bridgehead atoms. The van der Waals surface area contributed by atoms with Gasteiger partial charge in [-0.2, -0.15) is 0 Å². The zero-order valence-electron chi connectivity index (χ0n) is 39.5. The summed E-state index contributed by atoms with van der Waals surface area (Å²) in [5, 5.41) is 1.31. The molecule has 11 rings (SSSR count). The lowest BCUT2D eigenvalue weighted by molar-refractivity contribution is 0.589. The molecule has 0 radical (unpaired) electrons. The molecule has 7 aromatic carbocycles. The van der Waals surface area contributed by atoms with E-state index in [0.29, 0.717) is 0 Å². The first kappa shape index (κ1) is 40.5. The molecule has 1 aliphatic carbocycles. The Kier molecular flexibility index (Phi) is 8.75. The largest absolute Gasteiger partial charge is 0.375 e. The number of rotatable bonds is 3. The fourth-order valence-corrected chi connectivity index (χ4v) is 11.2. The van der Waals surface area contributed by atoms with E-state index in [0.717, 1.165) is 0 Å². The minimum atomic E-state index is -0.282. The first-order valence-electron chi connectivity index (χ1n) is 23.3. The van der Waals surface area contributed by atoms with Crippen molar-refractivity contribution in [2.45, 2.75) is 97.8 Å². The number of hydrogen-bond acceptors (Lipinski definition) is 1. The zero-order valence-corrected chi connectivity index (χ0v) is 39.5. The second kappa shape index (κ2) is 13.8. The smallest absolute Gasteiger partial charge is 0.333 e. The molecule has 3 heteroatoms. The monoisotopic (exact) mass is 830 g/mol. The molecule has 1 aromatic heterocycles. The van der Waals surface area contributed by atoms with Gasteiger partial charge in [0.25, 0.3) is 0 Å². The van der Waals surface area contributed by atoms with Crippen molar-refractivity contribution < 1.29 is 0 Å². The first-order chi connectivity index (χ1) is 30.4. The Balaban J connectivity index is 1.41. The zero-order chi connectivity index (χ0) is 44.7. The van der Waals surface area contributed by atoms with Gasteiger partial charge < -0.3 is 9.38 Å². The van der Waals surface area contributed by atoms with Crippen LogP contribution in [0, 0.1) is 0 Å². The molecule has 316 valence electrons. The van der Waals surface area contributed by atoms with Crippen molar-refractivity contribution in [3.05, 3.63) is 197 Å². The van der Waals surface area contributed by atoms with Crippen LogP contribution >= 0.6 is 0 Å². The molecule has 0 atom stereocenters. The third-order valence-corrected chi connectivity index (χ3v) is 14.7. The Morgan fingerprint density at radius 2 is 0.984 bits per heavy atom. The van der Waals surface area contributed by atoms with Crippen LogP contribution in [0.4, 0.5) is 11.4 Å². The Hall–Kier alpha value is -6.32.